The van der Waals surface area contributed by atoms with Crippen LogP contribution in [0.5, 0.6) is 0 Å². The summed E-state index contributed by atoms with van der Waals surface area (Å²) in [6.07, 6.45) is 8.25. The number of hydrogen-bond donors (Lipinski definition) is 1. The van der Waals surface area contributed by atoms with Gasteiger partial charge in [0.25, 0.3) is 0 Å². The van der Waals surface area contributed by atoms with Gasteiger partial charge in [-0.1, -0.05) is 38.0 Å². The Labute approximate surface area is 125 Å². The van der Waals surface area contributed by atoms with E-state index < -0.39 is 0 Å². The lowest BCUT2D eigenvalue weighted by Gasteiger charge is -2.18. The molecule has 0 radical (unpaired) electrons. The van der Waals surface area contributed by atoms with Crippen molar-refractivity contribution in [2.75, 3.05) is 6.54 Å². The highest BCUT2D eigenvalue weighted by Gasteiger charge is 2.09. The summed E-state index contributed by atoms with van der Waals surface area (Å²) < 4.78 is 1.32. The van der Waals surface area contributed by atoms with Gasteiger partial charge in [-0.05, 0) is 66.1 Å². The van der Waals surface area contributed by atoms with Crippen molar-refractivity contribution in [1.82, 2.24) is 5.32 Å². The molecule has 100 valence electrons. The second kappa shape index (κ2) is 9.56. The fourth-order valence-corrected chi connectivity index (χ4v) is 2.74. The van der Waals surface area contributed by atoms with Gasteiger partial charge in [-0.3, -0.25) is 0 Å². The first-order chi connectivity index (χ1) is 8.77. The van der Waals surface area contributed by atoms with E-state index in [9.17, 15) is 0 Å². The molecule has 2 heteroatoms. The zero-order valence-electron chi connectivity index (χ0n) is 11.3. The Morgan fingerprint density at radius 1 is 1.33 bits per heavy atom. The van der Waals surface area contributed by atoms with Gasteiger partial charge < -0.3 is 5.32 Å². The Bertz CT molecular complexity index is 349. The van der Waals surface area contributed by atoms with Gasteiger partial charge in [0.2, 0.25) is 0 Å². The van der Waals surface area contributed by atoms with E-state index in [2.05, 4.69) is 65.7 Å². The third-order valence-electron chi connectivity index (χ3n) is 3.10. The van der Waals surface area contributed by atoms with Crippen molar-refractivity contribution in [2.24, 2.45) is 0 Å². The predicted molar refractivity (Wildman–Crippen MR) is 88.9 cm³/mol. The largest absolute Gasteiger partial charge is 0.310 e. The Morgan fingerprint density at radius 2 is 2.17 bits per heavy atom. The van der Waals surface area contributed by atoms with Gasteiger partial charge in [0.15, 0.2) is 0 Å². The molecule has 0 aromatic heterocycles. The lowest BCUT2D eigenvalue weighted by atomic mass is 10.00. The first kappa shape index (κ1) is 15.7. The summed E-state index contributed by atoms with van der Waals surface area (Å²) in [7, 11) is 0. The van der Waals surface area contributed by atoms with Gasteiger partial charge in [-0.25, -0.2) is 0 Å². The van der Waals surface area contributed by atoms with Crippen molar-refractivity contribution in [1.29, 1.82) is 0 Å². The molecule has 1 unspecified atom stereocenters. The van der Waals surface area contributed by atoms with E-state index in [-0.39, 0.29) is 0 Å². The van der Waals surface area contributed by atoms with Crippen LogP contribution >= 0.6 is 22.6 Å². The lowest BCUT2D eigenvalue weighted by molar-refractivity contribution is 0.483. The van der Waals surface area contributed by atoms with E-state index in [4.69, 9.17) is 0 Å². The van der Waals surface area contributed by atoms with Crippen LogP contribution in [0.25, 0.3) is 0 Å². The molecule has 1 nitrogen and oxygen atoms in total. The molecule has 0 aliphatic rings. The molecule has 1 N–H and O–H groups in total. The highest BCUT2D eigenvalue weighted by molar-refractivity contribution is 14.1. The number of benzene rings is 1. The molecule has 18 heavy (non-hydrogen) atoms. The normalized spacial score (nSPS) is 12.3. The van der Waals surface area contributed by atoms with Crippen molar-refractivity contribution in [3.63, 3.8) is 0 Å². The Hall–Kier alpha value is -0.350. The van der Waals surface area contributed by atoms with Crippen LogP contribution < -0.4 is 5.32 Å². The number of allylic oxidation sites excluding steroid dienone is 1. The summed E-state index contributed by atoms with van der Waals surface area (Å²) in [4.78, 5) is 0. The predicted octanol–water partition coefficient (Wildman–Crippen LogP) is 5.08. The molecule has 0 saturated heterocycles. The standard InChI is InChI=1S/C16H24IN/c1-3-5-6-7-8-12-16(18-4-2)14-10-9-11-15(17)13-14/h3,9-11,13,16,18H,1,4-8,12H2,2H3. The van der Waals surface area contributed by atoms with E-state index in [0.29, 0.717) is 6.04 Å². The van der Waals surface area contributed by atoms with E-state index in [1.165, 1.54) is 34.8 Å². The molecule has 0 bridgehead atoms. The second-order valence-electron chi connectivity index (χ2n) is 4.59. The highest BCUT2D eigenvalue weighted by Crippen LogP contribution is 2.21. The molecule has 1 rings (SSSR count). The fourth-order valence-electron chi connectivity index (χ4n) is 2.17. The minimum atomic E-state index is 0.508. The maximum Gasteiger partial charge on any atom is 0.0320 e. The van der Waals surface area contributed by atoms with Crippen LogP contribution in [0.3, 0.4) is 0 Å². The van der Waals surface area contributed by atoms with Gasteiger partial charge in [0.05, 0.1) is 0 Å². The molecule has 1 atom stereocenters. The quantitative estimate of drug-likeness (QED) is 0.369. The van der Waals surface area contributed by atoms with Gasteiger partial charge in [-0.15, -0.1) is 6.58 Å². The summed E-state index contributed by atoms with van der Waals surface area (Å²) in [5, 5.41) is 3.59. The van der Waals surface area contributed by atoms with Crippen LogP contribution in [0.4, 0.5) is 0 Å². The molecule has 0 saturated carbocycles. The molecule has 0 fully saturated rings. The number of nitrogens with one attached hydrogen (secondary N) is 1. The van der Waals surface area contributed by atoms with Gasteiger partial charge in [0.1, 0.15) is 0 Å². The van der Waals surface area contributed by atoms with E-state index >= 15 is 0 Å². The number of halogens is 1. The SMILES string of the molecule is C=CCCCCCC(NCC)c1cccc(I)c1. The Balaban J connectivity index is 2.46. The monoisotopic (exact) mass is 357 g/mol. The molecule has 0 aliphatic heterocycles. The molecule has 0 spiro atoms. The molecule has 1 aromatic rings. The number of rotatable bonds is 9. The molecule has 0 aliphatic carbocycles. The Morgan fingerprint density at radius 3 is 2.83 bits per heavy atom. The summed E-state index contributed by atoms with van der Waals surface area (Å²) in [5.41, 5.74) is 1.42. The van der Waals surface area contributed by atoms with Gasteiger partial charge in [0, 0.05) is 9.61 Å². The zero-order valence-corrected chi connectivity index (χ0v) is 13.4. The van der Waals surface area contributed by atoms with Crippen LogP contribution in [-0.2, 0) is 0 Å². The molecular formula is C16H24IN. The van der Waals surface area contributed by atoms with Crippen LogP contribution in [0, 0.1) is 3.57 Å². The third-order valence-corrected chi connectivity index (χ3v) is 3.77. The summed E-state index contributed by atoms with van der Waals surface area (Å²) >= 11 is 2.38. The third kappa shape index (κ3) is 6.01. The first-order valence-corrected chi connectivity index (χ1v) is 7.95. The first-order valence-electron chi connectivity index (χ1n) is 6.87. The van der Waals surface area contributed by atoms with Crippen molar-refractivity contribution < 1.29 is 0 Å². The van der Waals surface area contributed by atoms with Crippen LogP contribution in [-0.4, -0.2) is 6.54 Å². The molecule has 0 amide bonds. The van der Waals surface area contributed by atoms with Crippen LogP contribution in [0.15, 0.2) is 36.9 Å². The summed E-state index contributed by atoms with van der Waals surface area (Å²) in [6.45, 7) is 6.98. The topological polar surface area (TPSA) is 12.0 Å². The van der Waals surface area contributed by atoms with Gasteiger partial charge >= 0.3 is 0 Å². The lowest BCUT2D eigenvalue weighted by Crippen LogP contribution is -2.20. The molecular weight excluding hydrogens is 333 g/mol. The maximum absolute atomic E-state index is 3.77. The Kier molecular flexibility index (Phi) is 8.34. The molecule has 0 heterocycles. The second-order valence-corrected chi connectivity index (χ2v) is 5.84. The fraction of sp³-hybridized carbons (Fsp3) is 0.500. The summed E-state index contributed by atoms with van der Waals surface area (Å²) in [5.74, 6) is 0. The summed E-state index contributed by atoms with van der Waals surface area (Å²) in [6, 6.07) is 9.33. The number of hydrogen-bond acceptors (Lipinski definition) is 1. The minimum Gasteiger partial charge on any atom is -0.310 e. The smallest absolute Gasteiger partial charge is 0.0320 e. The van der Waals surface area contributed by atoms with Crippen LogP contribution in [0.2, 0.25) is 0 Å². The van der Waals surface area contributed by atoms with E-state index in [1.54, 1.807) is 0 Å². The van der Waals surface area contributed by atoms with Crippen molar-refractivity contribution >= 4 is 22.6 Å². The van der Waals surface area contributed by atoms with Crippen LogP contribution in [0.1, 0.15) is 50.6 Å². The average molecular weight is 357 g/mol. The van der Waals surface area contributed by atoms with Crippen molar-refractivity contribution in [2.45, 2.75) is 45.1 Å². The van der Waals surface area contributed by atoms with E-state index in [1.807, 2.05) is 6.08 Å². The number of unbranched alkanes of at least 4 members (excludes halogenated alkanes) is 3. The molecule has 1 aromatic carbocycles. The minimum absolute atomic E-state index is 0.508. The highest BCUT2D eigenvalue weighted by atomic mass is 127. The van der Waals surface area contributed by atoms with Gasteiger partial charge in [-0.2, -0.15) is 0 Å². The maximum atomic E-state index is 3.77. The average Bonchev–Trinajstić information content (AvgIpc) is 2.37. The van der Waals surface area contributed by atoms with Crippen molar-refractivity contribution in [3.8, 4) is 0 Å². The van der Waals surface area contributed by atoms with E-state index in [0.717, 1.165) is 13.0 Å². The van der Waals surface area contributed by atoms with Crippen molar-refractivity contribution in [3.05, 3.63) is 46.1 Å². The zero-order chi connectivity index (χ0) is 13.2.